The predicted octanol–water partition coefficient (Wildman–Crippen LogP) is 5.77. The summed E-state index contributed by atoms with van der Waals surface area (Å²) in [5.74, 6) is 0. The van der Waals surface area contributed by atoms with Gasteiger partial charge in [0.1, 0.15) is 6.07 Å². The zero-order valence-electron chi connectivity index (χ0n) is 13.1. The second-order valence-corrected chi connectivity index (χ2v) is 6.89. The van der Waals surface area contributed by atoms with Crippen LogP contribution in [0.5, 0.6) is 0 Å². The number of nitrogens with zero attached hydrogens (tertiary/aromatic N) is 3. The van der Waals surface area contributed by atoms with Crippen LogP contribution in [0.2, 0.25) is 10.0 Å². The zero-order chi connectivity index (χ0) is 17.8. The zero-order valence-corrected chi connectivity index (χ0v) is 15.5. The number of nitriles is 1. The molecule has 0 atom stereocenters. The fourth-order valence-corrected chi connectivity index (χ4v) is 3.10. The largest absolute Gasteiger partial charge is 0.277 e. The minimum absolute atomic E-state index is 0.219. The summed E-state index contributed by atoms with van der Waals surface area (Å²) < 4.78 is 0. The molecule has 1 heterocycles. The van der Waals surface area contributed by atoms with E-state index in [1.807, 2.05) is 42.6 Å². The highest BCUT2D eigenvalue weighted by Crippen LogP contribution is 2.29. The van der Waals surface area contributed by atoms with Crippen molar-refractivity contribution >= 4 is 45.9 Å². The van der Waals surface area contributed by atoms with Crippen LogP contribution in [0.4, 0.5) is 5.69 Å². The van der Waals surface area contributed by atoms with Crippen molar-refractivity contribution in [3.63, 3.8) is 0 Å². The molecule has 0 saturated carbocycles. The molecule has 124 valence electrons. The highest BCUT2D eigenvalue weighted by molar-refractivity contribution is 7.12. The van der Waals surface area contributed by atoms with Crippen molar-refractivity contribution in [3.8, 4) is 17.3 Å². The summed E-state index contributed by atoms with van der Waals surface area (Å²) in [6, 6.07) is 15.1. The van der Waals surface area contributed by atoms with Crippen molar-refractivity contribution in [1.82, 2.24) is 4.98 Å². The number of anilines is 1. The van der Waals surface area contributed by atoms with E-state index in [0.29, 0.717) is 15.1 Å². The van der Waals surface area contributed by atoms with Gasteiger partial charge in [-0.3, -0.25) is 5.43 Å². The molecule has 0 bridgehead atoms. The smallest absolute Gasteiger partial charge is 0.196 e. The van der Waals surface area contributed by atoms with Crippen molar-refractivity contribution < 1.29 is 0 Å². The Kier molecular flexibility index (Phi) is 5.34. The van der Waals surface area contributed by atoms with Gasteiger partial charge in [-0.1, -0.05) is 47.0 Å². The van der Waals surface area contributed by atoms with E-state index in [9.17, 15) is 5.26 Å². The van der Waals surface area contributed by atoms with Gasteiger partial charge in [0.25, 0.3) is 0 Å². The number of aryl methyl sites for hydroxylation is 1. The molecule has 0 aliphatic heterocycles. The number of halogens is 2. The minimum Gasteiger partial charge on any atom is -0.277 e. The summed E-state index contributed by atoms with van der Waals surface area (Å²) in [7, 11) is 0. The van der Waals surface area contributed by atoms with E-state index < -0.39 is 0 Å². The number of benzene rings is 2. The lowest BCUT2D eigenvalue weighted by molar-refractivity contribution is 1.30. The number of rotatable bonds is 4. The molecule has 4 nitrogen and oxygen atoms in total. The molecule has 25 heavy (non-hydrogen) atoms. The second kappa shape index (κ2) is 7.66. The third-order valence-corrected chi connectivity index (χ3v) is 4.96. The highest BCUT2D eigenvalue weighted by Gasteiger charge is 2.11. The maximum atomic E-state index is 9.37. The predicted molar refractivity (Wildman–Crippen MR) is 105 cm³/mol. The Morgan fingerprint density at radius 3 is 2.60 bits per heavy atom. The van der Waals surface area contributed by atoms with Gasteiger partial charge in [-0.2, -0.15) is 10.4 Å². The van der Waals surface area contributed by atoms with Crippen molar-refractivity contribution in [2.24, 2.45) is 5.10 Å². The highest BCUT2D eigenvalue weighted by atomic mass is 35.5. The Labute approximate surface area is 159 Å². The third-order valence-electron chi connectivity index (χ3n) is 3.38. The van der Waals surface area contributed by atoms with Crippen molar-refractivity contribution in [1.29, 1.82) is 5.26 Å². The quantitative estimate of drug-likeness (QED) is 0.457. The van der Waals surface area contributed by atoms with Gasteiger partial charge < -0.3 is 0 Å². The molecule has 1 N–H and O–H groups in total. The summed E-state index contributed by atoms with van der Waals surface area (Å²) in [5.41, 5.74) is 6.61. The first-order chi connectivity index (χ1) is 12.1. The molecule has 3 rings (SSSR count). The van der Waals surface area contributed by atoms with E-state index in [1.54, 1.807) is 12.1 Å². The second-order valence-electron chi connectivity index (χ2n) is 5.22. The van der Waals surface area contributed by atoms with E-state index in [4.69, 9.17) is 23.2 Å². The summed E-state index contributed by atoms with van der Waals surface area (Å²) in [6.07, 6.45) is 0. The van der Waals surface area contributed by atoms with E-state index in [1.165, 1.54) is 11.3 Å². The standard InChI is InChI=1S/C18H12Cl2N4S/c1-11-2-5-13(6-3-11)23-24-16(9-21)18-22-17(10-25-18)12-4-7-14(19)15(20)8-12/h2-8,10,23H,1H3/b24-16+. The molecular formula is C18H12Cl2N4S. The molecule has 0 aliphatic rings. The molecule has 0 unspecified atom stereocenters. The molecule has 0 amide bonds. The first-order valence-electron chi connectivity index (χ1n) is 7.28. The van der Waals surface area contributed by atoms with Gasteiger partial charge in [-0.25, -0.2) is 4.98 Å². The van der Waals surface area contributed by atoms with Crippen LogP contribution in [0, 0.1) is 18.3 Å². The Morgan fingerprint density at radius 1 is 1.16 bits per heavy atom. The summed E-state index contributed by atoms with van der Waals surface area (Å²) in [5, 5.41) is 16.9. The number of hydrogen-bond acceptors (Lipinski definition) is 5. The number of nitrogens with one attached hydrogen (secondary N) is 1. The van der Waals surface area contributed by atoms with E-state index in [2.05, 4.69) is 21.6 Å². The van der Waals surface area contributed by atoms with Crippen LogP contribution >= 0.6 is 34.5 Å². The number of hydrazone groups is 1. The molecular weight excluding hydrogens is 375 g/mol. The lowest BCUT2D eigenvalue weighted by atomic mass is 10.2. The molecule has 0 aliphatic carbocycles. The normalized spacial score (nSPS) is 11.2. The molecule has 1 aromatic heterocycles. The summed E-state index contributed by atoms with van der Waals surface area (Å²) in [4.78, 5) is 4.47. The van der Waals surface area contributed by atoms with Crippen LogP contribution in [0.15, 0.2) is 52.9 Å². The fraction of sp³-hybridized carbons (Fsp3) is 0.0556. The summed E-state index contributed by atoms with van der Waals surface area (Å²) in [6.45, 7) is 2.01. The fourth-order valence-electron chi connectivity index (χ4n) is 2.04. The monoisotopic (exact) mass is 386 g/mol. The van der Waals surface area contributed by atoms with Crippen LogP contribution < -0.4 is 5.43 Å². The third kappa shape index (κ3) is 4.18. The van der Waals surface area contributed by atoms with Gasteiger partial charge in [-0.15, -0.1) is 11.3 Å². The van der Waals surface area contributed by atoms with Crippen molar-refractivity contribution in [2.75, 3.05) is 5.43 Å². The maximum absolute atomic E-state index is 9.37. The van der Waals surface area contributed by atoms with E-state index in [-0.39, 0.29) is 5.71 Å². The SMILES string of the molecule is Cc1ccc(N/N=C(\C#N)c2nc(-c3ccc(Cl)c(Cl)c3)cs2)cc1. The number of aromatic nitrogens is 1. The van der Waals surface area contributed by atoms with Gasteiger partial charge in [0.2, 0.25) is 0 Å². The Balaban J connectivity index is 1.83. The van der Waals surface area contributed by atoms with Crippen LogP contribution in [-0.2, 0) is 0 Å². The van der Waals surface area contributed by atoms with Gasteiger partial charge in [0, 0.05) is 10.9 Å². The van der Waals surface area contributed by atoms with Crippen molar-refractivity contribution in [3.05, 3.63) is 68.5 Å². The number of thiazole rings is 1. The summed E-state index contributed by atoms with van der Waals surface area (Å²) >= 11 is 13.3. The van der Waals surface area contributed by atoms with Gasteiger partial charge in [0.05, 0.1) is 21.4 Å². The molecule has 0 fully saturated rings. The van der Waals surface area contributed by atoms with Crippen LogP contribution in [0.1, 0.15) is 10.6 Å². The first-order valence-corrected chi connectivity index (χ1v) is 8.92. The Hall–Kier alpha value is -2.39. The minimum atomic E-state index is 0.219. The van der Waals surface area contributed by atoms with Crippen molar-refractivity contribution in [2.45, 2.75) is 6.92 Å². The number of hydrogen-bond donors (Lipinski definition) is 1. The molecule has 0 spiro atoms. The lowest BCUT2D eigenvalue weighted by Gasteiger charge is -2.01. The van der Waals surface area contributed by atoms with Crippen LogP contribution in [0.3, 0.4) is 0 Å². The van der Waals surface area contributed by atoms with Crippen LogP contribution in [-0.4, -0.2) is 10.7 Å². The topological polar surface area (TPSA) is 61.1 Å². The van der Waals surface area contributed by atoms with E-state index >= 15 is 0 Å². The first kappa shape index (κ1) is 17.4. The Morgan fingerprint density at radius 2 is 1.92 bits per heavy atom. The Bertz CT molecular complexity index is 971. The lowest BCUT2D eigenvalue weighted by Crippen LogP contribution is -2.01. The van der Waals surface area contributed by atoms with Gasteiger partial charge in [-0.05, 0) is 31.2 Å². The molecule has 0 radical (unpaired) electrons. The van der Waals surface area contributed by atoms with E-state index in [0.717, 1.165) is 22.5 Å². The molecule has 0 saturated heterocycles. The maximum Gasteiger partial charge on any atom is 0.196 e. The average molecular weight is 387 g/mol. The van der Waals surface area contributed by atoms with Crippen LogP contribution in [0.25, 0.3) is 11.3 Å². The van der Waals surface area contributed by atoms with Gasteiger partial charge in [0.15, 0.2) is 10.7 Å². The molecule has 7 heteroatoms. The average Bonchev–Trinajstić information content (AvgIpc) is 3.09. The molecule has 3 aromatic rings. The molecule has 2 aromatic carbocycles. The van der Waals surface area contributed by atoms with Gasteiger partial charge >= 0.3 is 0 Å².